The van der Waals surface area contributed by atoms with Crippen molar-refractivity contribution in [2.75, 3.05) is 13.7 Å². The summed E-state index contributed by atoms with van der Waals surface area (Å²) < 4.78 is 5.12. The van der Waals surface area contributed by atoms with E-state index in [0.29, 0.717) is 12.3 Å². The Balaban J connectivity index is 2.14. The molecule has 0 bridgehead atoms. The summed E-state index contributed by atoms with van der Waals surface area (Å²) in [5.41, 5.74) is 1.30. The van der Waals surface area contributed by atoms with E-state index in [2.05, 4.69) is 22.4 Å². The number of hydrogen-bond acceptors (Lipinski definition) is 3. The van der Waals surface area contributed by atoms with E-state index < -0.39 is 0 Å². The van der Waals surface area contributed by atoms with Crippen LogP contribution in [0.3, 0.4) is 0 Å². The van der Waals surface area contributed by atoms with Crippen LogP contribution in [0.25, 0.3) is 10.9 Å². The van der Waals surface area contributed by atoms with Crippen molar-refractivity contribution in [3.63, 3.8) is 0 Å². The van der Waals surface area contributed by atoms with Crippen LogP contribution in [-0.2, 0) is 4.74 Å². The van der Waals surface area contributed by atoms with E-state index in [1.54, 1.807) is 7.11 Å². The number of rotatable bonds is 6. The molecule has 1 aromatic carbocycles. The van der Waals surface area contributed by atoms with Crippen LogP contribution in [0.1, 0.15) is 30.3 Å². The van der Waals surface area contributed by atoms with Crippen LogP contribution in [0.2, 0.25) is 0 Å². The number of nitrogens with one attached hydrogen (secondary N) is 2. The van der Waals surface area contributed by atoms with Crippen LogP contribution >= 0.6 is 0 Å². The Morgan fingerprint density at radius 3 is 3.00 bits per heavy atom. The topological polar surface area (TPSA) is 67.0 Å². The Morgan fingerprint density at radius 2 is 2.26 bits per heavy atom. The van der Waals surface area contributed by atoms with Crippen LogP contribution in [0, 0.1) is 0 Å². The Bertz CT molecular complexity index is 544. The van der Waals surface area contributed by atoms with Gasteiger partial charge in [-0.05, 0) is 12.5 Å². The van der Waals surface area contributed by atoms with Crippen molar-refractivity contribution in [1.82, 2.24) is 15.5 Å². The monoisotopic (exact) mass is 261 g/mol. The van der Waals surface area contributed by atoms with Crippen molar-refractivity contribution in [3.8, 4) is 0 Å². The second-order valence-electron chi connectivity index (χ2n) is 4.53. The molecule has 0 spiro atoms. The highest BCUT2D eigenvalue weighted by Crippen LogP contribution is 2.15. The Labute approximate surface area is 112 Å². The van der Waals surface area contributed by atoms with E-state index in [0.717, 1.165) is 23.7 Å². The van der Waals surface area contributed by atoms with Gasteiger partial charge >= 0.3 is 0 Å². The number of carbonyl (C=O) groups is 1. The van der Waals surface area contributed by atoms with Crippen LogP contribution in [0.4, 0.5) is 0 Å². The number of aromatic amines is 1. The minimum atomic E-state index is -0.159. The maximum atomic E-state index is 12.2. The molecular formula is C14H19N3O2. The first kappa shape index (κ1) is 13.5. The summed E-state index contributed by atoms with van der Waals surface area (Å²) in [7, 11) is 1.64. The summed E-state index contributed by atoms with van der Waals surface area (Å²) >= 11 is 0. The SMILES string of the molecule is CCCC(COC)NC(=O)c1n[nH]c2ccccc12. The van der Waals surface area contributed by atoms with Gasteiger partial charge in [0, 0.05) is 12.5 Å². The highest BCUT2D eigenvalue weighted by Gasteiger charge is 2.17. The van der Waals surface area contributed by atoms with Gasteiger partial charge in [0.25, 0.3) is 5.91 Å². The molecule has 0 fully saturated rings. The van der Waals surface area contributed by atoms with E-state index in [1.807, 2.05) is 24.3 Å². The molecule has 1 atom stereocenters. The van der Waals surface area contributed by atoms with Crippen molar-refractivity contribution < 1.29 is 9.53 Å². The molecule has 0 aliphatic heterocycles. The van der Waals surface area contributed by atoms with E-state index in [4.69, 9.17) is 4.74 Å². The van der Waals surface area contributed by atoms with Crippen molar-refractivity contribution in [2.45, 2.75) is 25.8 Å². The first-order chi connectivity index (χ1) is 9.26. The highest BCUT2D eigenvalue weighted by molar-refractivity contribution is 6.04. The van der Waals surface area contributed by atoms with Gasteiger partial charge in [-0.1, -0.05) is 31.5 Å². The number of amides is 1. The number of benzene rings is 1. The summed E-state index contributed by atoms with van der Waals surface area (Å²) in [6.07, 6.45) is 1.89. The molecule has 0 saturated heterocycles. The largest absolute Gasteiger partial charge is 0.383 e. The minimum Gasteiger partial charge on any atom is -0.383 e. The number of fused-ring (bicyclic) bond motifs is 1. The lowest BCUT2D eigenvalue weighted by Crippen LogP contribution is -2.38. The van der Waals surface area contributed by atoms with Gasteiger partial charge in [-0.25, -0.2) is 0 Å². The molecule has 2 rings (SSSR count). The first-order valence-electron chi connectivity index (χ1n) is 6.49. The molecule has 1 aromatic heterocycles. The first-order valence-corrected chi connectivity index (χ1v) is 6.49. The van der Waals surface area contributed by atoms with Crippen LogP contribution in [0.5, 0.6) is 0 Å². The maximum absolute atomic E-state index is 12.2. The molecule has 1 heterocycles. The van der Waals surface area contributed by atoms with Gasteiger partial charge in [-0.15, -0.1) is 0 Å². The fourth-order valence-electron chi connectivity index (χ4n) is 2.14. The van der Waals surface area contributed by atoms with Gasteiger partial charge in [0.2, 0.25) is 0 Å². The third-order valence-electron chi connectivity index (χ3n) is 3.03. The summed E-state index contributed by atoms with van der Waals surface area (Å²) in [6, 6.07) is 7.62. The molecule has 5 heteroatoms. The Morgan fingerprint density at radius 1 is 1.47 bits per heavy atom. The molecule has 0 saturated carbocycles. The van der Waals surface area contributed by atoms with E-state index >= 15 is 0 Å². The smallest absolute Gasteiger partial charge is 0.272 e. The second-order valence-corrected chi connectivity index (χ2v) is 4.53. The molecule has 2 aromatic rings. The quantitative estimate of drug-likeness (QED) is 0.837. The molecule has 19 heavy (non-hydrogen) atoms. The number of para-hydroxylation sites is 1. The van der Waals surface area contributed by atoms with E-state index in [-0.39, 0.29) is 11.9 Å². The number of nitrogens with zero attached hydrogens (tertiary/aromatic N) is 1. The number of methoxy groups -OCH3 is 1. The average Bonchev–Trinajstić information content (AvgIpc) is 2.83. The van der Waals surface area contributed by atoms with Crippen molar-refractivity contribution in [2.24, 2.45) is 0 Å². The van der Waals surface area contributed by atoms with Gasteiger partial charge in [-0.3, -0.25) is 9.89 Å². The van der Waals surface area contributed by atoms with Gasteiger partial charge < -0.3 is 10.1 Å². The number of H-pyrrole nitrogens is 1. The summed E-state index contributed by atoms with van der Waals surface area (Å²) in [4.78, 5) is 12.2. The van der Waals surface area contributed by atoms with E-state index in [1.165, 1.54) is 0 Å². The summed E-state index contributed by atoms with van der Waals surface area (Å²) in [5, 5.41) is 10.8. The lowest BCUT2D eigenvalue weighted by molar-refractivity contribution is 0.0888. The number of aromatic nitrogens is 2. The zero-order valence-electron chi connectivity index (χ0n) is 11.3. The lowest BCUT2D eigenvalue weighted by atomic mass is 10.1. The van der Waals surface area contributed by atoms with Crippen LogP contribution in [0.15, 0.2) is 24.3 Å². The number of ether oxygens (including phenoxy) is 1. The van der Waals surface area contributed by atoms with Crippen LogP contribution in [-0.4, -0.2) is 35.9 Å². The minimum absolute atomic E-state index is 0.0259. The van der Waals surface area contributed by atoms with Gasteiger partial charge in [0.15, 0.2) is 5.69 Å². The van der Waals surface area contributed by atoms with Crippen LogP contribution < -0.4 is 5.32 Å². The fourth-order valence-corrected chi connectivity index (χ4v) is 2.14. The molecule has 0 radical (unpaired) electrons. The zero-order valence-corrected chi connectivity index (χ0v) is 11.3. The van der Waals surface area contributed by atoms with Gasteiger partial charge in [0.05, 0.1) is 18.2 Å². The Hall–Kier alpha value is -1.88. The van der Waals surface area contributed by atoms with E-state index in [9.17, 15) is 4.79 Å². The predicted octanol–water partition coefficient (Wildman–Crippen LogP) is 2.11. The predicted molar refractivity (Wildman–Crippen MR) is 74.1 cm³/mol. The molecule has 0 aliphatic carbocycles. The molecular weight excluding hydrogens is 242 g/mol. The Kier molecular flexibility index (Phi) is 4.52. The van der Waals surface area contributed by atoms with Crippen molar-refractivity contribution in [1.29, 1.82) is 0 Å². The van der Waals surface area contributed by atoms with Crippen molar-refractivity contribution >= 4 is 16.8 Å². The number of carbonyl (C=O) groups excluding carboxylic acids is 1. The van der Waals surface area contributed by atoms with Gasteiger partial charge in [-0.2, -0.15) is 5.10 Å². The second kappa shape index (κ2) is 6.33. The number of hydrogen-bond donors (Lipinski definition) is 2. The maximum Gasteiger partial charge on any atom is 0.272 e. The van der Waals surface area contributed by atoms with Gasteiger partial charge in [0.1, 0.15) is 0 Å². The standard InChI is InChI=1S/C14H19N3O2/c1-3-6-10(9-19-2)15-14(18)13-11-7-4-5-8-12(11)16-17-13/h4-5,7-8,10H,3,6,9H2,1-2H3,(H,15,18)(H,16,17). The summed E-state index contributed by atoms with van der Waals surface area (Å²) in [5.74, 6) is -0.159. The fraction of sp³-hybridized carbons (Fsp3) is 0.429. The molecule has 2 N–H and O–H groups in total. The third kappa shape index (κ3) is 3.12. The molecule has 102 valence electrons. The molecule has 1 unspecified atom stereocenters. The molecule has 5 nitrogen and oxygen atoms in total. The van der Waals surface area contributed by atoms with Crippen molar-refractivity contribution in [3.05, 3.63) is 30.0 Å². The molecule has 0 aliphatic rings. The average molecular weight is 261 g/mol. The third-order valence-corrected chi connectivity index (χ3v) is 3.03. The lowest BCUT2D eigenvalue weighted by Gasteiger charge is -2.16. The summed E-state index contributed by atoms with van der Waals surface area (Å²) in [6.45, 7) is 2.60. The highest BCUT2D eigenvalue weighted by atomic mass is 16.5. The zero-order chi connectivity index (χ0) is 13.7. The molecule has 1 amide bonds. The normalized spacial score (nSPS) is 12.5.